The summed E-state index contributed by atoms with van der Waals surface area (Å²) < 4.78 is 5.38. The SMILES string of the molecule is CC(C)(C)c1ccc(N(C(=O)c2ccco2)c2ccc(C(C)(C)C)cc2)cc1. The Morgan fingerprint density at radius 2 is 1.14 bits per heavy atom. The van der Waals surface area contributed by atoms with E-state index in [4.69, 9.17) is 4.42 Å². The summed E-state index contributed by atoms with van der Waals surface area (Å²) in [6.07, 6.45) is 1.52. The number of rotatable bonds is 3. The van der Waals surface area contributed by atoms with Gasteiger partial charge in [0.25, 0.3) is 5.91 Å². The van der Waals surface area contributed by atoms with Crippen LogP contribution in [0.25, 0.3) is 0 Å². The van der Waals surface area contributed by atoms with Gasteiger partial charge in [-0.3, -0.25) is 9.69 Å². The monoisotopic (exact) mass is 375 g/mol. The van der Waals surface area contributed by atoms with Crippen LogP contribution in [-0.4, -0.2) is 5.91 Å². The Labute approximate surface area is 168 Å². The van der Waals surface area contributed by atoms with Gasteiger partial charge in [0, 0.05) is 11.4 Å². The minimum Gasteiger partial charge on any atom is -0.459 e. The smallest absolute Gasteiger partial charge is 0.298 e. The molecule has 0 aliphatic heterocycles. The normalized spacial score (nSPS) is 12.1. The van der Waals surface area contributed by atoms with Gasteiger partial charge in [-0.25, -0.2) is 0 Å². The maximum absolute atomic E-state index is 13.2. The second-order valence-corrected chi connectivity index (χ2v) is 9.21. The minimum absolute atomic E-state index is 0.0583. The van der Waals surface area contributed by atoms with E-state index in [1.54, 1.807) is 17.0 Å². The zero-order valence-electron chi connectivity index (χ0n) is 17.6. The van der Waals surface area contributed by atoms with Crippen molar-refractivity contribution in [1.29, 1.82) is 0 Å². The second kappa shape index (κ2) is 7.31. The van der Waals surface area contributed by atoms with Crippen LogP contribution in [0.2, 0.25) is 0 Å². The summed E-state index contributed by atoms with van der Waals surface area (Å²) in [6, 6.07) is 19.8. The molecule has 0 atom stereocenters. The highest BCUT2D eigenvalue weighted by Crippen LogP contribution is 2.32. The van der Waals surface area contributed by atoms with Crippen molar-refractivity contribution in [3.05, 3.63) is 83.8 Å². The second-order valence-electron chi connectivity index (χ2n) is 9.21. The van der Waals surface area contributed by atoms with E-state index in [1.807, 2.05) is 24.3 Å². The van der Waals surface area contributed by atoms with E-state index in [0.29, 0.717) is 5.76 Å². The summed E-state index contributed by atoms with van der Waals surface area (Å²) in [6.45, 7) is 13.1. The van der Waals surface area contributed by atoms with Gasteiger partial charge in [0.2, 0.25) is 0 Å². The van der Waals surface area contributed by atoms with E-state index < -0.39 is 0 Å². The van der Waals surface area contributed by atoms with Crippen molar-refractivity contribution < 1.29 is 9.21 Å². The molecule has 0 N–H and O–H groups in total. The summed E-state index contributed by atoms with van der Waals surface area (Å²) in [7, 11) is 0. The maximum Gasteiger partial charge on any atom is 0.298 e. The molecule has 1 heterocycles. The van der Waals surface area contributed by atoms with Crippen molar-refractivity contribution in [3.63, 3.8) is 0 Å². The Morgan fingerprint density at radius 3 is 1.46 bits per heavy atom. The molecule has 0 bridgehead atoms. The van der Waals surface area contributed by atoms with Crippen LogP contribution in [0, 0.1) is 0 Å². The molecule has 28 heavy (non-hydrogen) atoms. The van der Waals surface area contributed by atoms with Gasteiger partial charge in [-0.15, -0.1) is 0 Å². The predicted molar refractivity (Wildman–Crippen MR) is 115 cm³/mol. The Balaban J connectivity index is 2.04. The Hall–Kier alpha value is -2.81. The third-order valence-corrected chi connectivity index (χ3v) is 4.92. The average molecular weight is 376 g/mol. The largest absolute Gasteiger partial charge is 0.459 e. The number of hydrogen-bond acceptors (Lipinski definition) is 2. The fourth-order valence-corrected chi connectivity index (χ4v) is 3.12. The van der Waals surface area contributed by atoms with E-state index in [9.17, 15) is 4.79 Å². The van der Waals surface area contributed by atoms with E-state index in [0.717, 1.165) is 11.4 Å². The molecule has 3 rings (SSSR count). The summed E-state index contributed by atoms with van der Waals surface area (Å²) in [4.78, 5) is 14.9. The molecule has 0 aliphatic carbocycles. The van der Waals surface area contributed by atoms with Gasteiger partial charge in [0.05, 0.1) is 6.26 Å². The molecule has 1 aromatic heterocycles. The highest BCUT2D eigenvalue weighted by molar-refractivity contribution is 6.09. The molecule has 3 nitrogen and oxygen atoms in total. The molecule has 0 spiro atoms. The number of carbonyl (C=O) groups is 1. The fraction of sp³-hybridized carbons (Fsp3) is 0.320. The first-order valence-electron chi connectivity index (χ1n) is 9.66. The molecule has 2 aromatic carbocycles. The fourth-order valence-electron chi connectivity index (χ4n) is 3.12. The van der Waals surface area contributed by atoms with E-state index in [-0.39, 0.29) is 16.7 Å². The van der Waals surface area contributed by atoms with Gasteiger partial charge < -0.3 is 4.42 Å². The highest BCUT2D eigenvalue weighted by atomic mass is 16.3. The number of hydrogen-bond donors (Lipinski definition) is 0. The quantitative estimate of drug-likeness (QED) is 0.501. The zero-order valence-corrected chi connectivity index (χ0v) is 17.6. The van der Waals surface area contributed by atoms with Crippen molar-refractivity contribution in [3.8, 4) is 0 Å². The third kappa shape index (κ3) is 4.19. The van der Waals surface area contributed by atoms with E-state index in [2.05, 4.69) is 65.8 Å². The predicted octanol–water partition coefficient (Wildman–Crippen LogP) is 6.85. The van der Waals surface area contributed by atoms with Crippen LogP contribution in [-0.2, 0) is 10.8 Å². The summed E-state index contributed by atoms with van der Waals surface area (Å²) >= 11 is 0. The lowest BCUT2D eigenvalue weighted by Crippen LogP contribution is -2.26. The van der Waals surface area contributed by atoms with Crippen LogP contribution >= 0.6 is 0 Å². The molecular formula is C25H29NO2. The number of amides is 1. The molecule has 0 radical (unpaired) electrons. The van der Waals surface area contributed by atoms with Crippen molar-refractivity contribution in [2.75, 3.05) is 4.90 Å². The van der Waals surface area contributed by atoms with Crippen molar-refractivity contribution in [2.45, 2.75) is 52.4 Å². The van der Waals surface area contributed by atoms with Gasteiger partial charge in [-0.05, 0) is 58.4 Å². The molecule has 1 amide bonds. The summed E-state index contributed by atoms with van der Waals surface area (Å²) in [5, 5.41) is 0. The molecule has 0 unspecified atom stereocenters. The lowest BCUT2D eigenvalue weighted by atomic mass is 9.86. The molecule has 0 fully saturated rings. The molecule has 146 valence electrons. The van der Waals surface area contributed by atoms with Gasteiger partial charge in [-0.2, -0.15) is 0 Å². The number of anilines is 2. The lowest BCUT2D eigenvalue weighted by molar-refractivity contribution is 0.0973. The van der Waals surface area contributed by atoms with Gasteiger partial charge in [-0.1, -0.05) is 65.8 Å². The van der Waals surface area contributed by atoms with Crippen molar-refractivity contribution in [2.24, 2.45) is 0 Å². The summed E-state index contributed by atoms with van der Waals surface area (Å²) in [5.74, 6) is 0.136. The minimum atomic E-state index is -0.183. The standard InChI is InChI=1S/C25H29NO2/c1-24(2,3)18-9-13-20(14-10-18)26(23(27)22-8-7-17-28-22)21-15-11-19(12-16-21)25(4,5)6/h7-17H,1-6H3. The average Bonchev–Trinajstić information content (AvgIpc) is 3.16. The first kappa shape index (κ1) is 19.9. The van der Waals surface area contributed by atoms with E-state index in [1.165, 1.54) is 17.4 Å². The highest BCUT2D eigenvalue weighted by Gasteiger charge is 2.23. The van der Waals surface area contributed by atoms with Crippen LogP contribution in [0.15, 0.2) is 71.3 Å². The number of furan rings is 1. The van der Waals surface area contributed by atoms with E-state index >= 15 is 0 Å². The van der Waals surface area contributed by atoms with Crippen LogP contribution in [0.3, 0.4) is 0 Å². The molecule has 0 saturated carbocycles. The third-order valence-electron chi connectivity index (χ3n) is 4.92. The number of benzene rings is 2. The van der Waals surface area contributed by atoms with Crippen LogP contribution in [0.4, 0.5) is 11.4 Å². The number of carbonyl (C=O) groups excluding carboxylic acids is 1. The van der Waals surface area contributed by atoms with Crippen molar-refractivity contribution >= 4 is 17.3 Å². The molecule has 3 aromatic rings. The first-order valence-corrected chi connectivity index (χ1v) is 9.66. The lowest BCUT2D eigenvalue weighted by Gasteiger charge is -2.25. The number of nitrogens with zero attached hydrogens (tertiary/aromatic N) is 1. The van der Waals surface area contributed by atoms with Crippen molar-refractivity contribution in [1.82, 2.24) is 0 Å². The van der Waals surface area contributed by atoms with Gasteiger partial charge in [0.1, 0.15) is 0 Å². The topological polar surface area (TPSA) is 33.5 Å². The molecular weight excluding hydrogens is 346 g/mol. The van der Waals surface area contributed by atoms with Crippen LogP contribution in [0.5, 0.6) is 0 Å². The maximum atomic E-state index is 13.2. The summed E-state index contributed by atoms with van der Waals surface area (Å²) in [5.41, 5.74) is 4.20. The van der Waals surface area contributed by atoms with Gasteiger partial charge >= 0.3 is 0 Å². The molecule has 0 aliphatic rings. The Morgan fingerprint density at radius 1 is 0.714 bits per heavy atom. The zero-order chi connectivity index (χ0) is 20.5. The molecule has 3 heteroatoms. The van der Waals surface area contributed by atoms with Crippen LogP contribution < -0.4 is 4.90 Å². The van der Waals surface area contributed by atoms with Crippen LogP contribution in [0.1, 0.15) is 63.2 Å². The Kier molecular flexibility index (Phi) is 5.20. The first-order chi connectivity index (χ1) is 13.1. The molecule has 0 saturated heterocycles. The van der Waals surface area contributed by atoms with Gasteiger partial charge in [0.15, 0.2) is 5.76 Å². The Bertz CT molecular complexity index is 865.